The minimum absolute atomic E-state index is 0.251. The zero-order valence-electron chi connectivity index (χ0n) is 15.8. The van der Waals surface area contributed by atoms with Crippen molar-refractivity contribution in [2.24, 2.45) is 0 Å². The van der Waals surface area contributed by atoms with Gasteiger partial charge in [-0.2, -0.15) is 0 Å². The van der Waals surface area contributed by atoms with E-state index in [1.807, 2.05) is 55.5 Å². The van der Waals surface area contributed by atoms with Crippen molar-refractivity contribution in [2.75, 3.05) is 30.9 Å². The summed E-state index contributed by atoms with van der Waals surface area (Å²) in [5.41, 5.74) is 2.10. The molecule has 0 aliphatic rings. The Bertz CT molecular complexity index is 894. The molecule has 0 saturated heterocycles. The van der Waals surface area contributed by atoms with Crippen LogP contribution >= 0.6 is 0 Å². The van der Waals surface area contributed by atoms with Crippen molar-refractivity contribution in [2.45, 2.75) is 6.92 Å². The second-order valence-electron chi connectivity index (χ2n) is 6.06. The van der Waals surface area contributed by atoms with E-state index < -0.39 is 0 Å². The second-order valence-corrected chi connectivity index (χ2v) is 6.06. The summed E-state index contributed by atoms with van der Waals surface area (Å²) in [5.74, 6) is 1.82. The fourth-order valence-corrected chi connectivity index (χ4v) is 2.39. The number of benzene rings is 2. The first-order valence-electron chi connectivity index (χ1n) is 8.85. The first kappa shape index (κ1) is 19.2. The lowest BCUT2D eigenvalue weighted by Crippen LogP contribution is -2.16. The predicted molar refractivity (Wildman–Crippen MR) is 108 cm³/mol. The molecule has 28 heavy (non-hydrogen) atoms. The number of rotatable bonds is 8. The summed E-state index contributed by atoms with van der Waals surface area (Å²) in [6.07, 6.45) is 2.97. The highest BCUT2D eigenvalue weighted by atomic mass is 16.5. The molecule has 0 radical (unpaired) electrons. The maximum absolute atomic E-state index is 12.2. The van der Waals surface area contributed by atoms with Crippen LogP contribution in [-0.4, -0.2) is 36.1 Å². The van der Waals surface area contributed by atoms with E-state index in [2.05, 4.69) is 20.6 Å². The summed E-state index contributed by atoms with van der Waals surface area (Å²) < 4.78 is 10.7. The predicted octanol–water partition coefficient (Wildman–Crippen LogP) is 3.54. The number of anilines is 2. The first-order chi connectivity index (χ1) is 13.6. The zero-order chi connectivity index (χ0) is 19.8. The summed E-state index contributed by atoms with van der Waals surface area (Å²) in [6, 6.07) is 14.9. The van der Waals surface area contributed by atoms with Crippen molar-refractivity contribution in [3.63, 3.8) is 0 Å². The number of nitrogens with one attached hydrogen (secondary N) is 2. The fourth-order valence-electron chi connectivity index (χ4n) is 2.39. The summed E-state index contributed by atoms with van der Waals surface area (Å²) in [6.45, 7) is 3.00. The molecule has 0 saturated carbocycles. The van der Waals surface area contributed by atoms with Gasteiger partial charge < -0.3 is 20.1 Å². The lowest BCUT2D eigenvalue weighted by atomic mass is 10.2. The largest absolute Gasteiger partial charge is 0.497 e. The average Bonchev–Trinajstić information content (AvgIpc) is 2.73. The van der Waals surface area contributed by atoms with Crippen LogP contribution in [0.25, 0.3) is 0 Å². The number of aromatic nitrogens is 2. The molecular formula is C21H22N4O3. The van der Waals surface area contributed by atoms with Gasteiger partial charge in [-0.3, -0.25) is 4.79 Å². The Balaban J connectivity index is 1.44. The van der Waals surface area contributed by atoms with Crippen molar-refractivity contribution in [3.05, 3.63) is 72.2 Å². The van der Waals surface area contributed by atoms with Crippen molar-refractivity contribution >= 4 is 17.4 Å². The molecule has 1 heterocycles. The van der Waals surface area contributed by atoms with Crippen molar-refractivity contribution in [3.8, 4) is 11.5 Å². The third-order valence-corrected chi connectivity index (χ3v) is 3.93. The third-order valence-electron chi connectivity index (χ3n) is 3.93. The lowest BCUT2D eigenvalue weighted by molar-refractivity contribution is 0.102. The van der Waals surface area contributed by atoms with Gasteiger partial charge in [-0.1, -0.05) is 17.7 Å². The second kappa shape index (κ2) is 9.36. The normalized spacial score (nSPS) is 10.2. The van der Waals surface area contributed by atoms with Crippen LogP contribution < -0.4 is 20.1 Å². The minimum Gasteiger partial charge on any atom is -0.497 e. The number of carbonyl (C=O) groups excluding carboxylic acids is 1. The Morgan fingerprint density at radius 1 is 0.964 bits per heavy atom. The summed E-state index contributed by atoms with van der Waals surface area (Å²) in [5, 5.41) is 5.90. The molecule has 7 nitrogen and oxygen atoms in total. The highest BCUT2D eigenvalue weighted by molar-refractivity contribution is 6.02. The van der Waals surface area contributed by atoms with E-state index in [1.54, 1.807) is 7.11 Å². The number of aryl methyl sites for hydroxylation is 1. The number of amides is 1. The Labute approximate surface area is 163 Å². The van der Waals surface area contributed by atoms with Crippen molar-refractivity contribution in [1.82, 2.24) is 9.97 Å². The Morgan fingerprint density at radius 2 is 1.68 bits per heavy atom. The van der Waals surface area contributed by atoms with Crippen LogP contribution in [0.1, 0.15) is 16.1 Å². The minimum atomic E-state index is -0.300. The van der Waals surface area contributed by atoms with Gasteiger partial charge in [0, 0.05) is 5.69 Å². The van der Waals surface area contributed by atoms with Crippen LogP contribution in [0.15, 0.2) is 60.9 Å². The average molecular weight is 378 g/mol. The highest BCUT2D eigenvalue weighted by Crippen LogP contribution is 2.16. The molecule has 0 fully saturated rings. The van der Waals surface area contributed by atoms with Crippen molar-refractivity contribution in [1.29, 1.82) is 0 Å². The van der Waals surface area contributed by atoms with E-state index in [9.17, 15) is 4.79 Å². The highest BCUT2D eigenvalue weighted by Gasteiger charge is 2.08. The molecule has 0 aliphatic heterocycles. The smallest absolute Gasteiger partial charge is 0.275 e. The van der Waals surface area contributed by atoms with Gasteiger partial charge in [-0.05, 0) is 43.3 Å². The molecule has 144 valence electrons. The van der Waals surface area contributed by atoms with E-state index in [0.717, 1.165) is 22.7 Å². The summed E-state index contributed by atoms with van der Waals surface area (Å²) in [7, 11) is 1.62. The van der Waals surface area contributed by atoms with E-state index in [0.29, 0.717) is 19.0 Å². The maximum atomic E-state index is 12.2. The SMILES string of the molecule is COc1ccc(OCCNc2cnc(C(=O)Nc3ccc(C)cc3)cn2)cc1. The van der Waals surface area contributed by atoms with Crippen LogP contribution in [0.2, 0.25) is 0 Å². The van der Waals surface area contributed by atoms with Gasteiger partial charge in [0.15, 0.2) is 0 Å². The third kappa shape index (κ3) is 5.44. The number of hydrogen-bond acceptors (Lipinski definition) is 6. The molecule has 2 N–H and O–H groups in total. The number of ether oxygens (including phenoxy) is 2. The van der Waals surface area contributed by atoms with Gasteiger partial charge in [0.05, 0.1) is 26.0 Å². The van der Waals surface area contributed by atoms with Gasteiger partial charge >= 0.3 is 0 Å². The number of nitrogens with zero attached hydrogens (tertiary/aromatic N) is 2. The summed E-state index contributed by atoms with van der Waals surface area (Å²) >= 11 is 0. The number of hydrogen-bond donors (Lipinski definition) is 2. The number of methoxy groups -OCH3 is 1. The molecule has 2 aromatic carbocycles. The standard InChI is InChI=1S/C21H22N4O3/c1-15-3-5-16(6-4-15)25-21(26)19-13-24-20(14-23-19)22-11-12-28-18-9-7-17(27-2)8-10-18/h3-10,13-14H,11-12H2,1-2H3,(H,22,24)(H,25,26). The lowest BCUT2D eigenvalue weighted by Gasteiger charge is -2.09. The first-order valence-corrected chi connectivity index (χ1v) is 8.85. The summed E-state index contributed by atoms with van der Waals surface area (Å²) in [4.78, 5) is 20.6. The molecule has 7 heteroatoms. The molecule has 0 aliphatic carbocycles. The topological polar surface area (TPSA) is 85.4 Å². The Morgan fingerprint density at radius 3 is 2.32 bits per heavy atom. The molecule has 1 aromatic heterocycles. The quantitative estimate of drug-likeness (QED) is 0.583. The zero-order valence-corrected chi connectivity index (χ0v) is 15.8. The van der Waals surface area contributed by atoms with E-state index in [4.69, 9.17) is 9.47 Å². The maximum Gasteiger partial charge on any atom is 0.275 e. The molecule has 3 aromatic rings. The van der Waals surface area contributed by atoms with Crippen LogP contribution in [0.4, 0.5) is 11.5 Å². The molecule has 0 unspecified atom stereocenters. The molecule has 0 spiro atoms. The van der Waals surface area contributed by atoms with Gasteiger partial charge in [-0.15, -0.1) is 0 Å². The van der Waals surface area contributed by atoms with Crippen LogP contribution in [0.3, 0.4) is 0 Å². The van der Waals surface area contributed by atoms with Gasteiger partial charge in [0.25, 0.3) is 5.91 Å². The fraction of sp³-hybridized carbons (Fsp3) is 0.190. The van der Waals surface area contributed by atoms with Crippen LogP contribution in [0.5, 0.6) is 11.5 Å². The monoisotopic (exact) mass is 378 g/mol. The Hall–Kier alpha value is -3.61. The van der Waals surface area contributed by atoms with Gasteiger partial charge in [0.2, 0.25) is 0 Å². The van der Waals surface area contributed by atoms with Gasteiger partial charge in [-0.25, -0.2) is 9.97 Å². The molecule has 0 atom stereocenters. The van der Waals surface area contributed by atoms with Gasteiger partial charge in [0.1, 0.15) is 29.6 Å². The molecular weight excluding hydrogens is 356 g/mol. The van der Waals surface area contributed by atoms with Crippen molar-refractivity contribution < 1.29 is 14.3 Å². The van der Waals surface area contributed by atoms with E-state index in [-0.39, 0.29) is 11.6 Å². The van der Waals surface area contributed by atoms with Crippen LogP contribution in [-0.2, 0) is 0 Å². The van der Waals surface area contributed by atoms with E-state index >= 15 is 0 Å². The van der Waals surface area contributed by atoms with E-state index in [1.165, 1.54) is 12.4 Å². The number of carbonyl (C=O) groups is 1. The molecule has 0 bridgehead atoms. The Kier molecular flexibility index (Phi) is 6.41. The molecule has 1 amide bonds. The molecule has 3 rings (SSSR count). The van der Waals surface area contributed by atoms with Crippen LogP contribution in [0, 0.1) is 6.92 Å².